The molecule has 2 aromatic rings. The molecule has 0 saturated carbocycles. The predicted molar refractivity (Wildman–Crippen MR) is 112 cm³/mol. The van der Waals surface area contributed by atoms with Crippen LogP contribution in [0.15, 0.2) is 54.2 Å². The SMILES string of the molecule is CCN1C(=O)C(Nc2ccc(N3CCCCC3)cc2)=C(c2ccc(F)cc2)C1=O. The lowest BCUT2D eigenvalue weighted by Crippen LogP contribution is -2.32. The highest BCUT2D eigenvalue weighted by atomic mass is 19.1. The van der Waals surface area contributed by atoms with E-state index in [9.17, 15) is 14.0 Å². The van der Waals surface area contributed by atoms with Gasteiger partial charge in [0.1, 0.15) is 11.5 Å². The third-order valence-corrected chi connectivity index (χ3v) is 5.48. The van der Waals surface area contributed by atoms with Gasteiger partial charge in [-0.25, -0.2) is 4.39 Å². The number of carbonyl (C=O) groups excluding carboxylic acids is 2. The molecule has 29 heavy (non-hydrogen) atoms. The topological polar surface area (TPSA) is 52.7 Å². The van der Waals surface area contributed by atoms with Gasteiger partial charge in [-0.15, -0.1) is 0 Å². The fourth-order valence-corrected chi connectivity index (χ4v) is 3.92. The van der Waals surface area contributed by atoms with Crippen molar-refractivity contribution in [2.24, 2.45) is 0 Å². The Hall–Kier alpha value is -3.15. The van der Waals surface area contributed by atoms with E-state index in [-0.39, 0.29) is 35.4 Å². The van der Waals surface area contributed by atoms with Gasteiger partial charge >= 0.3 is 0 Å². The van der Waals surface area contributed by atoms with E-state index in [1.807, 2.05) is 24.3 Å². The third kappa shape index (κ3) is 3.75. The summed E-state index contributed by atoms with van der Waals surface area (Å²) in [5.74, 6) is -1.12. The quantitative estimate of drug-likeness (QED) is 0.780. The van der Waals surface area contributed by atoms with Gasteiger partial charge < -0.3 is 10.2 Å². The van der Waals surface area contributed by atoms with Gasteiger partial charge in [-0.05, 0) is 68.1 Å². The molecule has 0 unspecified atom stereocenters. The maximum atomic E-state index is 13.3. The van der Waals surface area contributed by atoms with Crippen LogP contribution in [0.2, 0.25) is 0 Å². The number of benzene rings is 2. The number of piperidine rings is 1. The van der Waals surface area contributed by atoms with Crippen molar-refractivity contribution in [1.29, 1.82) is 0 Å². The number of imide groups is 1. The second kappa shape index (κ2) is 8.07. The van der Waals surface area contributed by atoms with E-state index in [1.165, 1.54) is 48.4 Å². The fraction of sp³-hybridized carbons (Fsp3) is 0.304. The van der Waals surface area contributed by atoms with Gasteiger partial charge in [-0.3, -0.25) is 14.5 Å². The van der Waals surface area contributed by atoms with E-state index in [0.717, 1.165) is 24.5 Å². The second-order valence-electron chi connectivity index (χ2n) is 7.33. The van der Waals surface area contributed by atoms with Gasteiger partial charge in [0, 0.05) is 31.0 Å². The van der Waals surface area contributed by atoms with Crippen molar-refractivity contribution < 1.29 is 14.0 Å². The first-order chi connectivity index (χ1) is 14.1. The lowest BCUT2D eigenvalue weighted by molar-refractivity contribution is -0.136. The number of hydrogen-bond acceptors (Lipinski definition) is 4. The molecule has 5 nitrogen and oxygen atoms in total. The zero-order valence-electron chi connectivity index (χ0n) is 16.5. The molecule has 2 heterocycles. The monoisotopic (exact) mass is 393 g/mol. The van der Waals surface area contributed by atoms with Crippen LogP contribution in [0.4, 0.5) is 15.8 Å². The molecule has 2 aliphatic rings. The summed E-state index contributed by atoms with van der Waals surface area (Å²) in [7, 11) is 0. The Morgan fingerprint density at radius 3 is 2.17 bits per heavy atom. The summed E-state index contributed by atoms with van der Waals surface area (Å²) in [6.45, 7) is 4.16. The summed E-state index contributed by atoms with van der Waals surface area (Å²) in [4.78, 5) is 29.2. The number of rotatable bonds is 5. The highest BCUT2D eigenvalue weighted by Crippen LogP contribution is 2.31. The lowest BCUT2D eigenvalue weighted by Gasteiger charge is -2.28. The Balaban J connectivity index is 1.64. The first kappa shape index (κ1) is 19.2. The molecule has 1 N–H and O–H groups in total. The number of nitrogens with zero attached hydrogens (tertiary/aromatic N) is 2. The van der Waals surface area contributed by atoms with Crippen molar-refractivity contribution in [2.45, 2.75) is 26.2 Å². The summed E-state index contributed by atoms with van der Waals surface area (Å²) in [6, 6.07) is 13.5. The molecule has 0 atom stereocenters. The molecule has 6 heteroatoms. The molecule has 2 aromatic carbocycles. The van der Waals surface area contributed by atoms with Gasteiger partial charge in [0.15, 0.2) is 0 Å². The number of anilines is 2. The zero-order valence-corrected chi connectivity index (χ0v) is 16.5. The van der Waals surface area contributed by atoms with E-state index in [2.05, 4.69) is 10.2 Å². The second-order valence-corrected chi connectivity index (χ2v) is 7.33. The van der Waals surface area contributed by atoms with Crippen molar-refractivity contribution in [3.8, 4) is 0 Å². The zero-order chi connectivity index (χ0) is 20.4. The van der Waals surface area contributed by atoms with Crippen LogP contribution < -0.4 is 10.2 Å². The molecule has 0 bridgehead atoms. The van der Waals surface area contributed by atoms with Crippen molar-refractivity contribution in [1.82, 2.24) is 4.90 Å². The predicted octanol–water partition coefficient (Wildman–Crippen LogP) is 4.03. The number of nitrogens with one attached hydrogen (secondary N) is 1. The van der Waals surface area contributed by atoms with Crippen LogP contribution in [0, 0.1) is 5.82 Å². The van der Waals surface area contributed by atoms with E-state index in [0.29, 0.717) is 5.56 Å². The number of halogens is 1. The van der Waals surface area contributed by atoms with E-state index < -0.39 is 0 Å². The van der Waals surface area contributed by atoms with Crippen LogP contribution in [-0.2, 0) is 9.59 Å². The number of amides is 2. The van der Waals surface area contributed by atoms with E-state index in [4.69, 9.17) is 0 Å². The van der Waals surface area contributed by atoms with Gasteiger partial charge in [-0.2, -0.15) is 0 Å². The van der Waals surface area contributed by atoms with Crippen molar-refractivity contribution in [2.75, 3.05) is 29.9 Å². The first-order valence-corrected chi connectivity index (χ1v) is 10.1. The summed E-state index contributed by atoms with van der Waals surface area (Å²) in [5.41, 5.74) is 2.92. The molecule has 1 saturated heterocycles. The van der Waals surface area contributed by atoms with Gasteiger partial charge in [0.25, 0.3) is 11.8 Å². The normalized spacial score (nSPS) is 17.3. The molecule has 2 aliphatic heterocycles. The summed E-state index contributed by atoms with van der Waals surface area (Å²) < 4.78 is 13.3. The number of hydrogen-bond donors (Lipinski definition) is 1. The molecule has 1 fully saturated rings. The van der Waals surface area contributed by atoms with Crippen LogP contribution in [0.1, 0.15) is 31.7 Å². The molecule has 0 aromatic heterocycles. The Labute approximate surface area is 169 Å². The Morgan fingerprint density at radius 2 is 1.55 bits per heavy atom. The lowest BCUT2D eigenvalue weighted by atomic mass is 10.0. The third-order valence-electron chi connectivity index (χ3n) is 5.48. The van der Waals surface area contributed by atoms with Gasteiger partial charge in [-0.1, -0.05) is 12.1 Å². The number of likely N-dealkylation sites (N-methyl/N-ethyl adjacent to an activating group) is 1. The standard InChI is InChI=1S/C23H24FN3O2/c1-2-27-22(28)20(16-6-8-17(24)9-7-16)21(23(27)29)25-18-10-12-19(13-11-18)26-14-4-3-5-15-26/h6-13,25H,2-5,14-15H2,1H3. The van der Waals surface area contributed by atoms with Crippen molar-refractivity contribution in [3.05, 3.63) is 65.6 Å². The highest BCUT2D eigenvalue weighted by molar-refractivity contribution is 6.36. The summed E-state index contributed by atoms with van der Waals surface area (Å²) >= 11 is 0. The molecule has 4 rings (SSSR count). The maximum Gasteiger partial charge on any atom is 0.278 e. The van der Waals surface area contributed by atoms with Crippen molar-refractivity contribution >= 4 is 28.8 Å². The minimum Gasteiger partial charge on any atom is -0.372 e. The summed E-state index contributed by atoms with van der Waals surface area (Å²) in [5, 5.41) is 3.13. The molecule has 0 spiro atoms. The molecule has 0 radical (unpaired) electrons. The smallest absolute Gasteiger partial charge is 0.278 e. The first-order valence-electron chi connectivity index (χ1n) is 10.1. The highest BCUT2D eigenvalue weighted by Gasteiger charge is 2.38. The molecule has 2 amide bonds. The van der Waals surface area contributed by atoms with Gasteiger partial charge in [0.05, 0.1) is 5.57 Å². The summed E-state index contributed by atoms with van der Waals surface area (Å²) in [6.07, 6.45) is 3.69. The minimum atomic E-state index is -0.388. The Morgan fingerprint density at radius 1 is 0.897 bits per heavy atom. The van der Waals surface area contributed by atoms with Crippen LogP contribution in [-0.4, -0.2) is 36.3 Å². The Bertz CT molecular complexity index is 945. The van der Waals surface area contributed by atoms with Crippen molar-refractivity contribution in [3.63, 3.8) is 0 Å². The minimum absolute atomic E-state index is 0.231. The van der Waals surface area contributed by atoms with Crippen LogP contribution >= 0.6 is 0 Å². The van der Waals surface area contributed by atoms with Crippen LogP contribution in [0.25, 0.3) is 5.57 Å². The van der Waals surface area contributed by atoms with E-state index in [1.54, 1.807) is 6.92 Å². The average molecular weight is 393 g/mol. The van der Waals surface area contributed by atoms with E-state index >= 15 is 0 Å². The average Bonchev–Trinajstić information content (AvgIpc) is 2.99. The van der Waals surface area contributed by atoms with Crippen LogP contribution in [0.5, 0.6) is 0 Å². The molecular formula is C23H24FN3O2. The molecular weight excluding hydrogens is 369 g/mol. The fourth-order valence-electron chi connectivity index (χ4n) is 3.92. The van der Waals surface area contributed by atoms with Crippen LogP contribution in [0.3, 0.4) is 0 Å². The Kier molecular flexibility index (Phi) is 5.34. The maximum absolute atomic E-state index is 13.3. The molecule has 150 valence electrons. The van der Waals surface area contributed by atoms with Gasteiger partial charge in [0.2, 0.25) is 0 Å². The molecule has 0 aliphatic carbocycles. The largest absolute Gasteiger partial charge is 0.372 e. The number of carbonyl (C=O) groups is 2.